The summed E-state index contributed by atoms with van der Waals surface area (Å²) in [5, 5.41) is 24.7. The first-order valence-corrected chi connectivity index (χ1v) is 28.5. The molecule has 388 valence electrons. The average Bonchev–Trinajstić information content (AvgIpc) is 3.29. The normalized spacial score (nSPS) is 15.2. The van der Waals surface area contributed by atoms with Gasteiger partial charge in [0.15, 0.2) is 0 Å². The molecule has 0 aromatic carbocycles. The number of carbonyl (C=O) groups is 1. The Balaban J connectivity index is 4.20. The molecule has 4 unspecified atom stereocenters. The molecular formula is C57H104N2O7P+. The molecular weight excluding hydrogens is 856 g/mol. The number of nitrogens with one attached hydrogen (secondary N) is 1. The average molecular weight is 960 g/mol. The SMILES string of the molecule is CC/C=C\C/C=C\C/C=C\C/C=C\C/C=C\CCCCCCCCCCCCCCCCCC(=O)NC(COP(=O)(O)OCC[N+](C)(C)C)C(O)C(O)CCC/C=C/CC/C=C/CCCCC. The van der Waals surface area contributed by atoms with Crippen molar-refractivity contribution in [2.24, 2.45) is 0 Å². The number of quaternary nitrogens is 1. The molecule has 0 aromatic heterocycles. The lowest BCUT2D eigenvalue weighted by Gasteiger charge is -2.28. The summed E-state index contributed by atoms with van der Waals surface area (Å²) < 4.78 is 23.6. The summed E-state index contributed by atoms with van der Waals surface area (Å²) in [7, 11) is 1.40. The highest BCUT2D eigenvalue weighted by Crippen LogP contribution is 2.43. The summed E-state index contributed by atoms with van der Waals surface area (Å²) in [5.74, 6) is -0.276. The second-order valence-corrected chi connectivity index (χ2v) is 20.8. The van der Waals surface area contributed by atoms with E-state index in [0.717, 1.165) is 83.5 Å². The van der Waals surface area contributed by atoms with E-state index in [2.05, 4.69) is 104 Å². The molecule has 0 aliphatic heterocycles. The van der Waals surface area contributed by atoms with Gasteiger partial charge in [0, 0.05) is 6.42 Å². The summed E-state index contributed by atoms with van der Waals surface area (Å²) in [5.41, 5.74) is 0. The zero-order chi connectivity index (χ0) is 49.4. The Bertz CT molecular complexity index is 1380. The highest BCUT2D eigenvalue weighted by Gasteiger charge is 2.31. The number of rotatable bonds is 48. The second-order valence-electron chi connectivity index (χ2n) is 19.3. The molecule has 0 saturated carbocycles. The van der Waals surface area contributed by atoms with Crippen molar-refractivity contribution in [3.63, 3.8) is 0 Å². The second kappa shape index (κ2) is 47.3. The first-order valence-electron chi connectivity index (χ1n) is 27.0. The highest BCUT2D eigenvalue weighted by molar-refractivity contribution is 7.47. The van der Waals surface area contributed by atoms with E-state index in [1.165, 1.54) is 96.3 Å². The van der Waals surface area contributed by atoms with Gasteiger partial charge in [-0.15, -0.1) is 0 Å². The lowest BCUT2D eigenvalue weighted by atomic mass is 10.0. The van der Waals surface area contributed by atoms with E-state index in [1.807, 2.05) is 21.1 Å². The van der Waals surface area contributed by atoms with Crippen LogP contribution in [-0.2, 0) is 18.4 Å². The van der Waals surface area contributed by atoms with E-state index >= 15 is 0 Å². The van der Waals surface area contributed by atoms with Crippen molar-refractivity contribution in [3.8, 4) is 0 Å². The molecule has 4 N–H and O–H groups in total. The topological polar surface area (TPSA) is 125 Å². The molecule has 0 spiro atoms. The first-order chi connectivity index (χ1) is 32.4. The Morgan fingerprint density at radius 2 is 0.940 bits per heavy atom. The summed E-state index contributed by atoms with van der Waals surface area (Å²) in [6, 6.07) is -1.06. The Kier molecular flexibility index (Phi) is 45.7. The molecule has 0 bridgehead atoms. The van der Waals surface area contributed by atoms with Gasteiger partial charge in [0.25, 0.3) is 0 Å². The summed E-state index contributed by atoms with van der Waals surface area (Å²) in [6.07, 6.45) is 62.4. The van der Waals surface area contributed by atoms with Gasteiger partial charge in [0.05, 0.1) is 39.9 Å². The van der Waals surface area contributed by atoms with E-state index in [4.69, 9.17) is 9.05 Å². The van der Waals surface area contributed by atoms with Crippen LogP contribution in [0.25, 0.3) is 0 Å². The number of aliphatic hydroxyl groups excluding tert-OH is 2. The number of hydrogen-bond donors (Lipinski definition) is 4. The van der Waals surface area contributed by atoms with Crippen LogP contribution in [-0.4, -0.2) is 84.6 Å². The van der Waals surface area contributed by atoms with Crippen LogP contribution in [0.1, 0.15) is 213 Å². The molecule has 0 aliphatic rings. The van der Waals surface area contributed by atoms with Crippen LogP contribution in [0.5, 0.6) is 0 Å². The van der Waals surface area contributed by atoms with E-state index in [9.17, 15) is 24.5 Å². The number of carbonyl (C=O) groups excluding carboxylic acids is 1. The number of phosphoric acid groups is 1. The molecule has 0 aliphatic carbocycles. The summed E-state index contributed by atoms with van der Waals surface area (Å²) >= 11 is 0. The fourth-order valence-electron chi connectivity index (χ4n) is 7.42. The van der Waals surface area contributed by atoms with Crippen LogP contribution >= 0.6 is 7.82 Å². The molecule has 0 fully saturated rings. The summed E-state index contributed by atoms with van der Waals surface area (Å²) in [6.45, 7) is 4.42. The van der Waals surface area contributed by atoms with Gasteiger partial charge in [-0.1, -0.05) is 195 Å². The number of aliphatic hydroxyl groups is 2. The maximum absolute atomic E-state index is 13.0. The zero-order valence-electron chi connectivity index (χ0n) is 43.7. The largest absolute Gasteiger partial charge is 0.472 e. The van der Waals surface area contributed by atoms with E-state index in [1.54, 1.807) is 0 Å². The monoisotopic (exact) mass is 960 g/mol. The molecule has 67 heavy (non-hydrogen) atoms. The molecule has 0 heterocycles. The minimum Gasteiger partial charge on any atom is -0.390 e. The van der Waals surface area contributed by atoms with Crippen LogP contribution in [0.4, 0.5) is 0 Å². The van der Waals surface area contributed by atoms with Gasteiger partial charge in [-0.2, -0.15) is 0 Å². The van der Waals surface area contributed by atoms with Gasteiger partial charge < -0.3 is 24.9 Å². The Morgan fingerprint density at radius 3 is 1.42 bits per heavy atom. The zero-order valence-corrected chi connectivity index (χ0v) is 44.6. The lowest BCUT2D eigenvalue weighted by molar-refractivity contribution is -0.870. The molecule has 10 heteroatoms. The van der Waals surface area contributed by atoms with E-state index < -0.39 is 32.7 Å². The number of amides is 1. The third-order valence-electron chi connectivity index (χ3n) is 11.7. The van der Waals surface area contributed by atoms with E-state index in [-0.39, 0.29) is 18.9 Å². The summed E-state index contributed by atoms with van der Waals surface area (Å²) in [4.78, 5) is 23.3. The number of unbranched alkanes of at least 4 members (excludes halogenated alkanes) is 20. The van der Waals surface area contributed by atoms with Crippen molar-refractivity contribution in [1.29, 1.82) is 0 Å². The van der Waals surface area contributed by atoms with Gasteiger partial charge in [0.2, 0.25) is 5.91 Å². The van der Waals surface area contributed by atoms with Gasteiger partial charge >= 0.3 is 7.82 Å². The predicted molar refractivity (Wildman–Crippen MR) is 287 cm³/mol. The standard InChI is InChI=1S/C57H103N2O7P/c1-6-8-10-12-14-16-18-20-21-22-23-24-25-26-27-28-29-30-31-32-33-34-35-36-37-38-40-42-44-46-48-50-56(61)58-54(53-66-67(63,64)65-52-51-59(3,4)5)57(62)55(60)49-47-45-43-41-39-19-17-15-13-11-9-7-2/h8,10,14-17,20-21,23-24,26-27,41,43,54-55,57,60,62H,6-7,9,11-13,18-19,22,25,28-40,42,44-53H2,1-5H3,(H-,58,61,63,64)/p+1/b10-8-,16-14-,17-15+,21-20-,24-23-,27-26-,43-41+. The van der Waals surface area contributed by atoms with Crippen molar-refractivity contribution in [2.75, 3.05) is 40.9 Å². The third-order valence-corrected chi connectivity index (χ3v) is 12.7. The van der Waals surface area contributed by atoms with Crippen LogP contribution in [0.15, 0.2) is 85.1 Å². The van der Waals surface area contributed by atoms with Crippen LogP contribution in [0.2, 0.25) is 0 Å². The molecule has 0 rings (SSSR count). The minimum atomic E-state index is -4.43. The minimum absolute atomic E-state index is 0.0108. The van der Waals surface area contributed by atoms with Crippen molar-refractivity contribution in [3.05, 3.63) is 85.1 Å². The van der Waals surface area contributed by atoms with Gasteiger partial charge in [0.1, 0.15) is 19.3 Å². The number of allylic oxidation sites excluding steroid dienone is 14. The Labute approximate surface area is 412 Å². The Hall–Kier alpha value is -2.36. The van der Waals surface area contributed by atoms with Crippen molar-refractivity contribution in [2.45, 2.75) is 231 Å². The van der Waals surface area contributed by atoms with Crippen molar-refractivity contribution >= 4 is 13.7 Å². The smallest absolute Gasteiger partial charge is 0.390 e. The fourth-order valence-corrected chi connectivity index (χ4v) is 8.16. The number of phosphoric ester groups is 1. The third kappa shape index (κ3) is 48.5. The van der Waals surface area contributed by atoms with Crippen LogP contribution in [0, 0.1) is 0 Å². The van der Waals surface area contributed by atoms with Crippen LogP contribution in [0.3, 0.4) is 0 Å². The number of nitrogens with zero attached hydrogens (tertiary/aromatic N) is 1. The quantitative estimate of drug-likeness (QED) is 0.0207. The maximum atomic E-state index is 13.0. The predicted octanol–water partition coefficient (Wildman–Crippen LogP) is 15.1. The van der Waals surface area contributed by atoms with Gasteiger partial charge in [-0.05, 0) is 96.3 Å². The van der Waals surface area contributed by atoms with Gasteiger partial charge in [-0.25, -0.2) is 4.57 Å². The molecule has 4 atom stereocenters. The van der Waals surface area contributed by atoms with Crippen molar-refractivity contribution < 1.29 is 38.0 Å². The Morgan fingerprint density at radius 1 is 0.537 bits per heavy atom. The van der Waals surface area contributed by atoms with Gasteiger partial charge in [-0.3, -0.25) is 13.8 Å². The maximum Gasteiger partial charge on any atom is 0.472 e. The highest BCUT2D eigenvalue weighted by atomic mass is 31.2. The number of likely N-dealkylation sites (N-methyl/N-ethyl adjacent to an activating group) is 1. The molecule has 1 amide bonds. The molecule has 0 aromatic rings. The first kappa shape index (κ1) is 64.6. The molecule has 0 saturated heterocycles. The van der Waals surface area contributed by atoms with Crippen LogP contribution < -0.4 is 5.32 Å². The molecule has 9 nitrogen and oxygen atoms in total. The molecule has 0 radical (unpaired) electrons. The van der Waals surface area contributed by atoms with E-state index in [0.29, 0.717) is 23.9 Å². The number of hydrogen-bond acceptors (Lipinski definition) is 6. The lowest BCUT2D eigenvalue weighted by Crippen LogP contribution is -2.51. The fraction of sp³-hybridized carbons (Fsp3) is 0.737. The van der Waals surface area contributed by atoms with Crippen molar-refractivity contribution in [1.82, 2.24) is 5.32 Å².